The van der Waals surface area contributed by atoms with Crippen molar-refractivity contribution in [2.75, 3.05) is 31.8 Å². The van der Waals surface area contributed by atoms with Crippen molar-refractivity contribution < 1.29 is 32.4 Å². The third-order valence-electron chi connectivity index (χ3n) is 4.25. The van der Waals surface area contributed by atoms with Crippen LogP contribution in [0.4, 0.5) is 5.69 Å². The van der Waals surface area contributed by atoms with Crippen molar-refractivity contribution in [1.82, 2.24) is 4.90 Å². The average molecular weight is 400 g/mol. The standard InChI is InChI=1S/C16H20N2O8S/c1-3-17(12-6-7-27(23,24)10-12)15(19)9-26-16(20)11-4-5-14(25-2)13(8-11)18(21)22/h4-5,8,12H,3,6-7,9-10H2,1-2H3. The lowest BCUT2D eigenvalue weighted by Crippen LogP contribution is -2.43. The lowest BCUT2D eigenvalue weighted by atomic mass is 10.2. The second kappa shape index (κ2) is 8.33. The minimum Gasteiger partial charge on any atom is -0.490 e. The Hall–Kier alpha value is -2.69. The number of nitro groups is 1. The molecular weight excluding hydrogens is 380 g/mol. The first-order chi connectivity index (χ1) is 12.7. The maximum Gasteiger partial charge on any atom is 0.338 e. The summed E-state index contributed by atoms with van der Waals surface area (Å²) >= 11 is 0. The van der Waals surface area contributed by atoms with Crippen molar-refractivity contribution in [2.45, 2.75) is 19.4 Å². The summed E-state index contributed by atoms with van der Waals surface area (Å²) in [4.78, 5) is 36.1. The molecule has 1 fully saturated rings. The third-order valence-corrected chi connectivity index (χ3v) is 6.00. The number of ether oxygens (including phenoxy) is 2. The first kappa shape index (κ1) is 20.6. The Balaban J connectivity index is 2.03. The van der Waals surface area contributed by atoms with Crippen LogP contribution in [0.15, 0.2) is 18.2 Å². The van der Waals surface area contributed by atoms with Gasteiger partial charge in [0.05, 0.1) is 29.1 Å². The smallest absolute Gasteiger partial charge is 0.338 e. The number of benzene rings is 1. The Morgan fingerprint density at radius 2 is 2.07 bits per heavy atom. The van der Waals surface area contributed by atoms with Gasteiger partial charge in [-0.25, -0.2) is 13.2 Å². The highest BCUT2D eigenvalue weighted by Gasteiger charge is 2.34. The van der Waals surface area contributed by atoms with Crippen LogP contribution in [-0.4, -0.2) is 67.9 Å². The molecule has 27 heavy (non-hydrogen) atoms. The number of rotatable bonds is 7. The lowest BCUT2D eigenvalue weighted by Gasteiger charge is -2.26. The summed E-state index contributed by atoms with van der Waals surface area (Å²) in [5.41, 5.74) is -0.494. The number of methoxy groups -OCH3 is 1. The predicted octanol–water partition coefficient (Wildman–Crippen LogP) is 0.796. The largest absolute Gasteiger partial charge is 0.490 e. The van der Waals surface area contributed by atoms with E-state index in [2.05, 4.69) is 0 Å². The van der Waals surface area contributed by atoms with Crippen molar-refractivity contribution in [3.8, 4) is 5.75 Å². The van der Waals surface area contributed by atoms with E-state index < -0.39 is 45.0 Å². The number of likely N-dealkylation sites (N-methyl/N-ethyl adjacent to an activating group) is 1. The fourth-order valence-electron chi connectivity index (χ4n) is 2.91. The normalized spacial score (nSPS) is 17.9. The number of carbonyl (C=O) groups excluding carboxylic acids is 2. The van der Waals surface area contributed by atoms with E-state index in [-0.39, 0.29) is 29.4 Å². The van der Waals surface area contributed by atoms with Gasteiger partial charge in [0, 0.05) is 18.7 Å². The zero-order valence-corrected chi connectivity index (χ0v) is 15.7. The summed E-state index contributed by atoms with van der Waals surface area (Å²) < 4.78 is 33.0. The van der Waals surface area contributed by atoms with Crippen molar-refractivity contribution in [3.63, 3.8) is 0 Å². The van der Waals surface area contributed by atoms with E-state index in [1.165, 1.54) is 24.1 Å². The Bertz CT molecular complexity index is 852. The van der Waals surface area contributed by atoms with Crippen LogP contribution in [0.2, 0.25) is 0 Å². The number of nitrogens with zero attached hydrogens (tertiary/aromatic N) is 2. The SMILES string of the molecule is CCN(C(=O)COC(=O)c1ccc(OC)c([N+](=O)[O-])c1)C1CCS(=O)(=O)C1. The minimum absolute atomic E-state index is 0.00720. The third kappa shape index (κ3) is 4.94. The van der Waals surface area contributed by atoms with Crippen LogP contribution in [0.1, 0.15) is 23.7 Å². The molecule has 2 rings (SSSR count). The second-order valence-electron chi connectivity index (χ2n) is 5.96. The molecule has 0 bridgehead atoms. The molecule has 0 aromatic heterocycles. The summed E-state index contributed by atoms with van der Waals surface area (Å²) in [5.74, 6) is -1.51. The van der Waals surface area contributed by atoms with Crippen LogP contribution in [0, 0.1) is 10.1 Å². The molecule has 1 heterocycles. The molecule has 1 aromatic carbocycles. The van der Waals surface area contributed by atoms with Crippen LogP contribution in [0.5, 0.6) is 5.75 Å². The van der Waals surface area contributed by atoms with E-state index in [0.717, 1.165) is 6.07 Å². The number of sulfone groups is 1. The Morgan fingerprint density at radius 3 is 2.59 bits per heavy atom. The molecule has 1 aliphatic rings. The quantitative estimate of drug-likeness (QED) is 0.373. The van der Waals surface area contributed by atoms with Crippen molar-refractivity contribution in [2.24, 2.45) is 0 Å². The molecule has 148 valence electrons. The van der Waals surface area contributed by atoms with Gasteiger partial charge < -0.3 is 14.4 Å². The number of esters is 1. The van der Waals surface area contributed by atoms with E-state index in [0.29, 0.717) is 6.42 Å². The first-order valence-corrected chi connectivity index (χ1v) is 10.00. The van der Waals surface area contributed by atoms with Crippen LogP contribution < -0.4 is 4.74 Å². The zero-order chi connectivity index (χ0) is 20.2. The van der Waals surface area contributed by atoms with E-state index in [4.69, 9.17) is 9.47 Å². The molecule has 1 amide bonds. The van der Waals surface area contributed by atoms with Gasteiger partial charge in [0.2, 0.25) is 0 Å². The highest BCUT2D eigenvalue weighted by Crippen LogP contribution is 2.27. The molecule has 10 nitrogen and oxygen atoms in total. The summed E-state index contributed by atoms with van der Waals surface area (Å²) in [5, 5.41) is 11.0. The maximum atomic E-state index is 12.3. The van der Waals surface area contributed by atoms with Gasteiger partial charge in [-0.05, 0) is 25.5 Å². The number of hydrogen-bond donors (Lipinski definition) is 0. The molecule has 0 radical (unpaired) electrons. The van der Waals surface area contributed by atoms with E-state index >= 15 is 0 Å². The van der Waals surface area contributed by atoms with E-state index in [1.54, 1.807) is 6.92 Å². The fraction of sp³-hybridized carbons (Fsp3) is 0.500. The van der Waals surface area contributed by atoms with Crippen LogP contribution in [-0.2, 0) is 19.4 Å². The monoisotopic (exact) mass is 400 g/mol. The number of nitro benzene ring substituents is 1. The highest BCUT2D eigenvalue weighted by atomic mass is 32.2. The van der Waals surface area contributed by atoms with Gasteiger partial charge in [-0.1, -0.05) is 0 Å². The van der Waals surface area contributed by atoms with Gasteiger partial charge in [-0.2, -0.15) is 0 Å². The molecule has 0 N–H and O–H groups in total. The second-order valence-corrected chi connectivity index (χ2v) is 8.19. The topological polar surface area (TPSA) is 133 Å². The van der Waals surface area contributed by atoms with Crippen LogP contribution >= 0.6 is 0 Å². The molecule has 1 aliphatic heterocycles. The maximum absolute atomic E-state index is 12.3. The Morgan fingerprint density at radius 1 is 1.37 bits per heavy atom. The Kier molecular flexibility index (Phi) is 6.37. The number of hydrogen-bond acceptors (Lipinski definition) is 8. The van der Waals surface area contributed by atoms with Gasteiger partial charge >= 0.3 is 11.7 Å². The molecule has 1 saturated heterocycles. The average Bonchev–Trinajstić information content (AvgIpc) is 2.99. The molecule has 1 aromatic rings. The number of amides is 1. The van der Waals surface area contributed by atoms with E-state index in [9.17, 15) is 28.1 Å². The summed E-state index contributed by atoms with van der Waals surface area (Å²) in [6.45, 7) is 1.41. The zero-order valence-electron chi connectivity index (χ0n) is 14.9. The summed E-state index contributed by atoms with van der Waals surface area (Å²) in [6.07, 6.45) is 0.348. The molecular formula is C16H20N2O8S. The summed E-state index contributed by atoms with van der Waals surface area (Å²) in [7, 11) is -1.89. The molecule has 0 aliphatic carbocycles. The van der Waals surface area contributed by atoms with Gasteiger partial charge in [0.15, 0.2) is 22.2 Å². The summed E-state index contributed by atoms with van der Waals surface area (Å²) in [6, 6.07) is 3.12. The predicted molar refractivity (Wildman–Crippen MR) is 94.4 cm³/mol. The molecule has 11 heteroatoms. The van der Waals surface area contributed by atoms with Crippen molar-refractivity contribution >= 4 is 27.4 Å². The van der Waals surface area contributed by atoms with Crippen LogP contribution in [0.3, 0.4) is 0 Å². The van der Waals surface area contributed by atoms with Gasteiger partial charge in [0.1, 0.15) is 0 Å². The lowest BCUT2D eigenvalue weighted by molar-refractivity contribution is -0.385. The van der Waals surface area contributed by atoms with Crippen molar-refractivity contribution in [1.29, 1.82) is 0 Å². The molecule has 1 atom stereocenters. The molecule has 0 spiro atoms. The molecule has 1 unspecified atom stereocenters. The minimum atomic E-state index is -3.16. The van der Waals surface area contributed by atoms with E-state index in [1.807, 2.05) is 0 Å². The van der Waals surface area contributed by atoms with Gasteiger partial charge in [-0.3, -0.25) is 14.9 Å². The Labute approximate surface area is 156 Å². The van der Waals surface area contributed by atoms with Gasteiger partial charge in [0.25, 0.3) is 5.91 Å². The molecule has 0 saturated carbocycles. The number of carbonyl (C=O) groups is 2. The highest BCUT2D eigenvalue weighted by molar-refractivity contribution is 7.91. The van der Waals surface area contributed by atoms with Crippen LogP contribution in [0.25, 0.3) is 0 Å². The van der Waals surface area contributed by atoms with Crippen molar-refractivity contribution in [3.05, 3.63) is 33.9 Å². The van der Waals surface area contributed by atoms with Gasteiger partial charge in [-0.15, -0.1) is 0 Å². The first-order valence-electron chi connectivity index (χ1n) is 8.18. The fourth-order valence-corrected chi connectivity index (χ4v) is 4.64.